The number of nitrogens with zero attached hydrogens (tertiary/aromatic N) is 1. The van der Waals surface area contributed by atoms with Crippen LogP contribution in [-0.4, -0.2) is 30.5 Å². The molecule has 0 saturated carbocycles. The number of ether oxygens (including phenoxy) is 1. The Balaban J connectivity index is 1.39. The second-order valence-electron chi connectivity index (χ2n) is 6.53. The van der Waals surface area contributed by atoms with E-state index in [1.54, 1.807) is 0 Å². The molecule has 1 aliphatic heterocycles. The summed E-state index contributed by atoms with van der Waals surface area (Å²) in [6.07, 6.45) is 3.99. The maximum absolute atomic E-state index is 11.9. The number of likely N-dealkylation sites (tertiary alicyclic amines) is 1. The van der Waals surface area contributed by atoms with Gasteiger partial charge in [0.1, 0.15) is 5.75 Å². The molecule has 3 rings (SSSR count). The van der Waals surface area contributed by atoms with E-state index < -0.39 is 0 Å². The van der Waals surface area contributed by atoms with Gasteiger partial charge in [-0.05, 0) is 49.2 Å². The number of benzene rings is 2. The van der Waals surface area contributed by atoms with Crippen LogP contribution in [-0.2, 0) is 17.9 Å². The van der Waals surface area contributed by atoms with E-state index in [2.05, 4.69) is 34.5 Å². The van der Waals surface area contributed by atoms with Crippen molar-refractivity contribution in [1.82, 2.24) is 10.2 Å². The van der Waals surface area contributed by atoms with Gasteiger partial charge in [0.2, 0.25) is 0 Å². The summed E-state index contributed by atoms with van der Waals surface area (Å²) < 4.78 is 5.44. The van der Waals surface area contributed by atoms with Gasteiger partial charge in [-0.25, -0.2) is 0 Å². The minimum Gasteiger partial charge on any atom is -0.484 e. The number of amides is 1. The molecule has 0 unspecified atom stereocenters. The first kappa shape index (κ1) is 17.5. The molecule has 1 saturated heterocycles. The van der Waals surface area contributed by atoms with Gasteiger partial charge in [0, 0.05) is 13.1 Å². The Kier molecular flexibility index (Phi) is 6.46. The van der Waals surface area contributed by atoms with Crippen LogP contribution in [0.5, 0.6) is 5.75 Å². The lowest BCUT2D eigenvalue weighted by Crippen LogP contribution is -2.29. The molecule has 0 radical (unpaired) electrons. The lowest BCUT2D eigenvalue weighted by molar-refractivity contribution is -0.123. The minimum atomic E-state index is -0.110. The first-order valence-corrected chi connectivity index (χ1v) is 9.04. The molecule has 1 amide bonds. The van der Waals surface area contributed by atoms with Gasteiger partial charge < -0.3 is 10.1 Å². The molecule has 0 aromatic heterocycles. The van der Waals surface area contributed by atoms with Gasteiger partial charge in [0.05, 0.1) is 0 Å². The molecule has 2 aromatic rings. The number of nitrogens with one attached hydrogen (secondary N) is 1. The first-order valence-electron chi connectivity index (χ1n) is 9.04. The fourth-order valence-electron chi connectivity index (χ4n) is 3.06. The van der Waals surface area contributed by atoms with Crippen molar-refractivity contribution in [2.45, 2.75) is 32.4 Å². The summed E-state index contributed by atoms with van der Waals surface area (Å²) in [6.45, 7) is 4.01. The topological polar surface area (TPSA) is 41.6 Å². The number of hydrogen-bond donors (Lipinski definition) is 1. The summed E-state index contributed by atoms with van der Waals surface area (Å²) in [4.78, 5) is 14.4. The van der Waals surface area contributed by atoms with Crippen LogP contribution in [0.1, 0.15) is 30.4 Å². The second kappa shape index (κ2) is 9.23. The smallest absolute Gasteiger partial charge is 0.258 e. The van der Waals surface area contributed by atoms with Crippen molar-refractivity contribution in [1.29, 1.82) is 0 Å². The number of para-hydroxylation sites is 1. The zero-order valence-corrected chi connectivity index (χ0v) is 14.6. The Morgan fingerprint density at radius 2 is 1.60 bits per heavy atom. The first-order chi connectivity index (χ1) is 12.3. The van der Waals surface area contributed by atoms with Crippen molar-refractivity contribution < 1.29 is 9.53 Å². The highest BCUT2D eigenvalue weighted by molar-refractivity contribution is 5.77. The highest BCUT2D eigenvalue weighted by Crippen LogP contribution is 2.13. The summed E-state index contributed by atoms with van der Waals surface area (Å²) in [6, 6.07) is 17.9. The van der Waals surface area contributed by atoms with Crippen LogP contribution in [0, 0.1) is 0 Å². The molecule has 1 fully saturated rings. The van der Waals surface area contributed by atoms with Crippen molar-refractivity contribution in [3.63, 3.8) is 0 Å². The summed E-state index contributed by atoms with van der Waals surface area (Å²) in [5, 5.41) is 2.90. The quantitative estimate of drug-likeness (QED) is 0.842. The van der Waals surface area contributed by atoms with E-state index in [1.807, 2.05) is 30.3 Å². The molecule has 0 atom stereocenters. The van der Waals surface area contributed by atoms with E-state index in [0.29, 0.717) is 12.3 Å². The third-order valence-electron chi connectivity index (χ3n) is 4.48. The molecule has 25 heavy (non-hydrogen) atoms. The fourth-order valence-corrected chi connectivity index (χ4v) is 3.06. The summed E-state index contributed by atoms with van der Waals surface area (Å²) in [5.41, 5.74) is 2.44. The Hall–Kier alpha value is -2.33. The molecule has 0 spiro atoms. The Morgan fingerprint density at radius 3 is 2.32 bits per heavy atom. The molecule has 2 aromatic carbocycles. The maximum atomic E-state index is 11.9. The predicted octanol–water partition coefficient (Wildman–Crippen LogP) is 3.37. The number of rotatable bonds is 7. The van der Waals surface area contributed by atoms with Crippen LogP contribution in [0.25, 0.3) is 0 Å². The van der Waals surface area contributed by atoms with E-state index in [4.69, 9.17) is 4.74 Å². The largest absolute Gasteiger partial charge is 0.484 e. The molecule has 4 nitrogen and oxygen atoms in total. The van der Waals surface area contributed by atoms with Gasteiger partial charge in [-0.2, -0.15) is 0 Å². The van der Waals surface area contributed by atoms with E-state index >= 15 is 0 Å². The van der Waals surface area contributed by atoms with Gasteiger partial charge in [0.25, 0.3) is 5.91 Å². The fraction of sp³-hybridized carbons (Fsp3) is 0.381. The van der Waals surface area contributed by atoms with Crippen LogP contribution >= 0.6 is 0 Å². The average molecular weight is 338 g/mol. The molecule has 132 valence electrons. The molecule has 1 heterocycles. The van der Waals surface area contributed by atoms with E-state index in [9.17, 15) is 4.79 Å². The van der Waals surface area contributed by atoms with Crippen LogP contribution in [0.3, 0.4) is 0 Å². The van der Waals surface area contributed by atoms with Gasteiger partial charge in [-0.15, -0.1) is 0 Å². The Morgan fingerprint density at radius 1 is 0.920 bits per heavy atom. The molecular weight excluding hydrogens is 312 g/mol. The van der Waals surface area contributed by atoms with Crippen LogP contribution < -0.4 is 10.1 Å². The van der Waals surface area contributed by atoms with Crippen molar-refractivity contribution in [2.75, 3.05) is 19.7 Å². The van der Waals surface area contributed by atoms with Crippen LogP contribution in [0.4, 0.5) is 0 Å². The number of piperidine rings is 1. The van der Waals surface area contributed by atoms with E-state index in [-0.39, 0.29) is 12.5 Å². The van der Waals surface area contributed by atoms with Crippen molar-refractivity contribution >= 4 is 5.91 Å². The monoisotopic (exact) mass is 338 g/mol. The third-order valence-corrected chi connectivity index (χ3v) is 4.48. The SMILES string of the molecule is O=C(COc1ccccc1)NCc1ccc(CN2CCCCC2)cc1. The van der Waals surface area contributed by atoms with Crippen molar-refractivity contribution in [2.24, 2.45) is 0 Å². The maximum Gasteiger partial charge on any atom is 0.258 e. The number of carbonyl (C=O) groups excluding carboxylic acids is 1. The van der Waals surface area contributed by atoms with Crippen LogP contribution in [0.15, 0.2) is 54.6 Å². The second-order valence-corrected chi connectivity index (χ2v) is 6.53. The summed E-state index contributed by atoms with van der Waals surface area (Å²) in [5.74, 6) is 0.598. The normalized spacial score (nSPS) is 14.9. The van der Waals surface area contributed by atoms with E-state index in [1.165, 1.54) is 37.9 Å². The highest BCUT2D eigenvalue weighted by Gasteiger charge is 2.10. The van der Waals surface area contributed by atoms with Crippen molar-refractivity contribution in [3.8, 4) is 5.75 Å². The zero-order valence-electron chi connectivity index (χ0n) is 14.6. The van der Waals surface area contributed by atoms with Crippen LogP contribution in [0.2, 0.25) is 0 Å². The summed E-state index contributed by atoms with van der Waals surface area (Å²) in [7, 11) is 0. The number of hydrogen-bond acceptors (Lipinski definition) is 3. The number of carbonyl (C=O) groups is 1. The zero-order chi connectivity index (χ0) is 17.3. The standard InChI is InChI=1S/C21H26N2O2/c24-21(17-25-20-7-3-1-4-8-20)22-15-18-9-11-19(12-10-18)16-23-13-5-2-6-14-23/h1,3-4,7-12H,2,5-6,13-17H2,(H,22,24). The van der Waals surface area contributed by atoms with Crippen molar-refractivity contribution in [3.05, 3.63) is 65.7 Å². The van der Waals surface area contributed by atoms with E-state index in [0.717, 1.165) is 12.1 Å². The molecule has 0 aliphatic carbocycles. The average Bonchev–Trinajstić information content (AvgIpc) is 2.67. The van der Waals surface area contributed by atoms with Gasteiger partial charge in [-0.3, -0.25) is 9.69 Å². The van der Waals surface area contributed by atoms with Gasteiger partial charge >= 0.3 is 0 Å². The minimum absolute atomic E-state index is 0.0387. The highest BCUT2D eigenvalue weighted by atomic mass is 16.5. The van der Waals surface area contributed by atoms with Gasteiger partial charge in [-0.1, -0.05) is 48.9 Å². The third kappa shape index (κ3) is 5.91. The summed E-state index contributed by atoms with van der Waals surface area (Å²) >= 11 is 0. The molecule has 0 bridgehead atoms. The molecule has 1 aliphatic rings. The Labute approximate surface area is 149 Å². The lowest BCUT2D eigenvalue weighted by atomic mass is 10.1. The molecule has 4 heteroatoms. The Bertz CT molecular complexity index is 649. The lowest BCUT2D eigenvalue weighted by Gasteiger charge is -2.26. The molecule has 1 N–H and O–H groups in total. The van der Waals surface area contributed by atoms with Gasteiger partial charge in [0.15, 0.2) is 6.61 Å². The molecular formula is C21H26N2O2. The predicted molar refractivity (Wildman–Crippen MR) is 99.4 cm³/mol.